The highest BCUT2D eigenvalue weighted by molar-refractivity contribution is 7.85. The van der Waals surface area contributed by atoms with Crippen LogP contribution in [0.2, 0.25) is 0 Å². The summed E-state index contributed by atoms with van der Waals surface area (Å²) >= 11 is 0. The molecule has 0 saturated heterocycles. The molecular formula is C9H10N2O2S. The highest BCUT2D eigenvalue weighted by atomic mass is 32.2. The van der Waals surface area contributed by atoms with E-state index in [0.717, 1.165) is 5.52 Å². The molecular weight excluding hydrogens is 200 g/mol. The van der Waals surface area contributed by atoms with Crippen molar-refractivity contribution in [3.63, 3.8) is 0 Å². The van der Waals surface area contributed by atoms with Gasteiger partial charge in [-0.15, -0.1) is 0 Å². The van der Waals surface area contributed by atoms with Crippen LogP contribution in [-0.4, -0.2) is 24.7 Å². The first kappa shape index (κ1) is 9.36. The van der Waals surface area contributed by atoms with Crippen LogP contribution in [0.1, 0.15) is 6.92 Å². The largest absolute Gasteiger partial charge is 0.380 e. The van der Waals surface area contributed by atoms with Crippen LogP contribution < -0.4 is 0 Å². The fraction of sp³-hybridized carbons (Fsp3) is 0.222. The van der Waals surface area contributed by atoms with E-state index in [9.17, 15) is 9.32 Å². The molecule has 1 heterocycles. The Morgan fingerprint density at radius 1 is 1.57 bits per heavy atom. The number of aromatic nitrogens is 2. The number of nitrogens with one attached hydrogen (secondary N) is 1. The predicted octanol–water partition coefficient (Wildman–Crippen LogP) is 1.01. The summed E-state index contributed by atoms with van der Waals surface area (Å²) in [5, 5.41) is 9.23. The van der Waals surface area contributed by atoms with Gasteiger partial charge in [0.15, 0.2) is 0 Å². The molecule has 0 aliphatic heterocycles. The average molecular weight is 210 g/mol. The topological polar surface area (TPSA) is 66.0 Å². The van der Waals surface area contributed by atoms with E-state index < -0.39 is 16.2 Å². The lowest BCUT2D eigenvalue weighted by Crippen LogP contribution is -2.09. The van der Waals surface area contributed by atoms with Gasteiger partial charge >= 0.3 is 0 Å². The lowest BCUT2D eigenvalue weighted by atomic mass is 10.3. The van der Waals surface area contributed by atoms with Crippen LogP contribution in [0.15, 0.2) is 29.4 Å². The van der Waals surface area contributed by atoms with E-state index in [-0.39, 0.29) is 0 Å². The minimum atomic E-state index is -1.42. The van der Waals surface area contributed by atoms with Gasteiger partial charge in [0, 0.05) is 0 Å². The molecule has 2 atom stereocenters. The van der Waals surface area contributed by atoms with Crippen LogP contribution in [-0.2, 0) is 10.8 Å². The SMILES string of the molecule is CC(O)S(=O)c1cccc2[nH]cnc12. The van der Waals surface area contributed by atoms with Crippen molar-refractivity contribution in [3.8, 4) is 0 Å². The molecule has 0 saturated carbocycles. The summed E-state index contributed by atoms with van der Waals surface area (Å²) in [7, 11) is -1.42. The van der Waals surface area contributed by atoms with E-state index in [0.29, 0.717) is 10.4 Å². The third-order valence-corrected chi connectivity index (χ3v) is 3.32. The van der Waals surface area contributed by atoms with Gasteiger partial charge in [0.25, 0.3) is 0 Å². The Bertz CT molecular complexity index is 478. The third-order valence-electron chi connectivity index (χ3n) is 1.94. The molecule has 14 heavy (non-hydrogen) atoms. The normalized spacial score (nSPS) is 15.6. The van der Waals surface area contributed by atoms with Crippen molar-refractivity contribution in [1.82, 2.24) is 9.97 Å². The molecule has 74 valence electrons. The third kappa shape index (κ3) is 1.44. The Labute approximate surface area is 83.4 Å². The standard InChI is InChI=1S/C9H10N2O2S/c1-6(12)14(13)8-4-2-3-7-9(8)11-5-10-7/h2-6,12H,1H3,(H,10,11). The Morgan fingerprint density at radius 3 is 3.07 bits per heavy atom. The van der Waals surface area contributed by atoms with Crippen molar-refractivity contribution in [3.05, 3.63) is 24.5 Å². The second kappa shape index (κ2) is 3.51. The smallest absolute Gasteiger partial charge is 0.130 e. The number of fused-ring (bicyclic) bond motifs is 1. The van der Waals surface area contributed by atoms with Gasteiger partial charge in [-0.2, -0.15) is 0 Å². The molecule has 0 amide bonds. The van der Waals surface area contributed by atoms with Crippen LogP contribution in [0.25, 0.3) is 11.0 Å². The molecule has 0 fully saturated rings. The number of imidazole rings is 1. The summed E-state index contributed by atoms with van der Waals surface area (Å²) in [6, 6.07) is 5.35. The summed E-state index contributed by atoms with van der Waals surface area (Å²) in [6.45, 7) is 1.50. The van der Waals surface area contributed by atoms with E-state index in [1.807, 2.05) is 6.07 Å². The second-order valence-corrected chi connectivity index (χ2v) is 4.67. The molecule has 0 bridgehead atoms. The van der Waals surface area contributed by atoms with Gasteiger partial charge in [-0.3, -0.25) is 4.21 Å². The quantitative estimate of drug-likeness (QED) is 0.777. The fourth-order valence-corrected chi connectivity index (χ4v) is 2.22. The molecule has 0 aliphatic rings. The van der Waals surface area contributed by atoms with Crippen molar-refractivity contribution < 1.29 is 9.32 Å². The minimum absolute atomic E-state index is 0.568. The fourth-order valence-electron chi connectivity index (χ4n) is 1.28. The van der Waals surface area contributed by atoms with Gasteiger partial charge in [0.1, 0.15) is 11.0 Å². The van der Waals surface area contributed by atoms with Crippen molar-refractivity contribution in [2.45, 2.75) is 17.3 Å². The minimum Gasteiger partial charge on any atom is -0.380 e. The number of para-hydroxylation sites is 1. The number of nitrogens with zero attached hydrogens (tertiary/aromatic N) is 1. The number of aromatic amines is 1. The molecule has 0 radical (unpaired) electrons. The first-order chi connectivity index (χ1) is 6.70. The zero-order valence-electron chi connectivity index (χ0n) is 7.60. The Kier molecular flexibility index (Phi) is 2.35. The summed E-state index contributed by atoms with van der Waals surface area (Å²) in [6.07, 6.45) is 1.55. The van der Waals surface area contributed by atoms with Crippen molar-refractivity contribution >= 4 is 21.8 Å². The Balaban J connectivity index is 2.62. The first-order valence-electron chi connectivity index (χ1n) is 4.21. The van der Waals surface area contributed by atoms with Crippen LogP contribution in [0, 0.1) is 0 Å². The summed E-state index contributed by atoms with van der Waals surface area (Å²) in [5.74, 6) is 0. The van der Waals surface area contributed by atoms with Gasteiger partial charge in [0.2, 0.25) is 0 Å². The monoisotopic (exact) mass is 210 g/mol. The van der Waals surface area contributed by atoms with Crippen LogP contribution >= 0.6 is 0 Å². The molecule has 1 aromatic carbocycles. The number of rotatable bonds is 2. The molecule has 2 unspecified atom stereocenters. The highest BCUT2D eigenvalue weighted by Gasteiger charge is 2.14. The van der Waals surface area contributed by atoms with Crippen molar-refractivity contribution in [2.75, 3.05) is 0 Å². The number of benzene rings is 1. The molecule has 5 heteroatoms. The number of aliphatic hydroxyl groups is 1. The number of H-pyrrole nitrogens is 1. The van der Waals surface area contributed by atoms with E-state index in [2.05, 4.69) is 9.97 Å². The maximum atomic E-state index is 11.7. The van der Waals surface area contributed by atoms with Crippen molar-refractivity contribution in [1.29, 1.82) is 0 Å². The highest BCUT2D eigenvalue weighted by Crippen LogP contribution is 2.19. The number of hydrogen-bond acceptors (Lipinski definition) is 3. The molecule has 0 aliphatic carbocycles. The molecule has 2 N–H and O–H groups in total. The van der Waals surface area contributed by atoms with Crippen LogP contribution in [0.3, 0.4) is 0 Å². The molecule has 2 rings (SSSR count). The maximum Gasteiger partial charge on any atom is 0.130 e. The Morgan fingerprint density at radius 2 is 2.36 bits per heavy atom. The molecule has 2 aromatic rings. The van der Waals surface area contributed by atoms with Gasteiger partial charge in [-0.05, 0) is 19.1 Å². The summed E-state index contributed by atoms with van der Waals surface area (Å²) in [4.78, 5) is 7.56. The van der Waals surface area contributed by atoms with Crippen LogP contribution in [0.4, 0.5) is 0 Å². The van der Waals surface area contributed by atoms with E-state index in [1.165, 1.54) is 6.92 Å². The van der Waals surface area contributed by atoms with E-state index in [4.69, 9.17) is 0 Å². The Hall–Kier alpha value is -1.20. The predicted molar refractivity (Wildman–Crippen MR) is 54.2 cm³/mol. The van der Waals surface area contributed by atoms with Gasteiger partial charge in [-0.25, -0.2) is 4.98 Å². The van der Waals surface area contributed by atoms with Gasteiger partial charge < -0.3 is 10.1 Å². The number of aliphatic hydroxyl groups excluding tert-OH is 1. The van der Waals surface area contributed by atoms with Crippen LogP contribution in [0.5, 0.6) is 0 Å². The van der Waals surface area contributed by atoms with Crippen molar-refractivity contribution in [2.24, 2.45) is 0 Å². The van der Waals surface area contributed by atoms with Gasteiger partial charge in [-0.1, -0.05) is 6.07 Å². The molecule has 0 spiro atoms. The lowest BCUT2D eigenvalue weighted by molar-refractivity contribution is 0.277. The lowest BCUT2D eigenvalue weighted by Gasteiger charge is -2.04. The first-order valence-corrected chi connectivity index (χ1v) is 5.42. The van der Waals surface area contributed by atoms with E-state index >= 15 is 0 Å². The molecule has 1 aromatic heterocycles. The second-order valence-electron chi connectivity index (χ2n) is 2.95. The number of hydrogen-bond donors (Lipinski definition) is 2. The van der Waals surface area contributed by atoms with Gasteiger partial charge in [0.05, 0.1) is 27.5 Å². The summed E-state index contributed by atoms with van der Waals surface area (Å²) in [5.41, 5.74) is 0.612. The van der Waals surface area contributed by atoms with E-state index in [1.54, 1.807) is 18.5 Å². The average Bonchev–Trinajstić information content (AvgIpc) is 2.63. The molecule has 4 nitrogen and oxygen atoms in total. The maximum absolute atomic E-state index is 11.7. The zero-order valence-corrected chi connectivity index (χ0v) is 8.41. The summed E-state index contributed by atoms with van der Waals surface area (Å²) < 4.78 is 11.7. The zero-order chi connectivity index (χ0) is 10.1.